The van der Waals surface area contributed by atoms with Gasteiger partial charge in [0.25, 0.3) is 0 Å². The van der Waals surface area contributed by atoms with Crippen LogP contribution in [0.2, 0.25) is 0 Å². The first kappa shape index (κ1) is 13.5. The number of nitrogens with zero attached hydrogens (tertiary/aromatic N) is 3. The lowest BCUT2D eigenvalue weighted by molar-refractivity contribution is 0.321. The Kier molecular flexibility index (Phi) is 3.60. The van der Waals surface area contributed by atoms with Crippen LogP contribution >= 0.6 is 0 Å². The second-order valence-electron chi connectivity index (χ2n) is 6.03. The van der Waals surface area contributed by atoms with Crippen molar-refractivity contribution in [2.45, 2.75) is 19.4 Å². The van der Waals surface area contributed by atoms with Gasteiger partial charge in [-0.05, 0) is 37.9 Å². The fourth-order valence-electron chi connectivity index (χ4n) is 3.27. The largest absolute Gasteiger partial charge is 0.317 e. The molecule has 0 amide bonds. The van der Waals surface area contributed by atoms with Gasteiger partial charge in [0.15, 0.2) is 0 Å². The minimum absolute atomic E-state index is 0.736. The molecule has 4 heteroatoms. The third kappa shape index (κ3) is 2.62. The molecule has 1 saturated heterocycles. The molecule has 0 bridgehead atoms. The number of para-hydroxylation sites is 1. The number of hydrogen-bond donors (Lipinski definition) is 1. The summed E-state index contributed by atoms with van der Waals surface area (Å²) >= 11 is 0. The summed E-state index contributed by atoms with van der Waals surface area (Å²) in [6.45, 7) is 3.28. The van der Waals surface area contributed by atoms with Gasteiger partial charge in [-0.1, -0.05) is 24.3 Å². The van der Waals surface area contributed by atoms with E-state index in [1.54, 1.807) is 0 Å². The number of nitrogens with one attached hydrogen (secondary N) is 1. The van der Waals surface area contributed by atoms with E-state index >= 15 is 0 Å². The SMILES string of the molecule is c1cnc2c(-c3cnn(CC4CCNCC4)c3)cccc2c1. The zero-order chi connectivity index (χ0) is 14.8. The number of pyridine rings is 1. The smallest absolute Gasteiger partial charge is 0.0781 e. The Bertz CT molecular complexity index is 766. The van der Waals surface area contributed by atoms with Crippen LogP contribution in [-0.2, 0) is 6.54 Å². The number of piperidine rings is 1. The molecule has 1 aromatic carbocycles. The van der Waals surface area contributed by atoms with Crippen LogP contribution in [0.15, 0.2) is 48.9 Å². The summed E-state index contributed by atoms with van der Waals surface area (Å²) in [7, 11) is 0. The molecule has 0 saturated carbocycles. The van der Waals surface area contributed by atoms with E-state index in [1.807, 2.05) is 18.5 Å². The van der Waals surface area contributed by atoms with E-state index in [-0.39, 0.29) is 0 Å². The summed E-state index contributed by atoms with van der Waals surface area (Å²) in [4.78, 5) is 4.54. The quantitative estimate of drug-likeness (QED) is 0.806. The van der Waals surface area contributed by atoms with Gasteiger partial charge in [0.2, 0.25) is 0 Å². The van der Waals surface area contributed by atoms with Gasteiger partial charge in [0.05, 0.1) is 11.7 Å². The zero-order valence-corrected chi connectivity index (χ0v) is 12.6. The van der Waals surface area contributed by atoms with Crippen LogP contribution in [0.5, 0.6) is 0 Å². The van der Waals surface area contributed by atoms with Crippen molar-refractivity contribution in [3.8, 4) is 11.1 Å². The monoisotopic (exact) mass is 292 g/mol. The maximum absolute atomic E-state index is 4.56. The Balaban J connectivity index is 1.62. The lowest BCUT2D eigenvalue weighted by atomic mass is 9.98. The molecular formula is C18H20N4. The molecule has 1 aliphatic rings. The Morgan fingerprint density at radius 2 is 2.00 bits per heavy atom. The molecule has 1 N–H and O–H groups in total. The second-order valence-corrected chi connectivity index (χ2v) is 6.03. The molecule has 112 valence electrons. The molecule has 22 heavy (non-hydrogen) atoms. The van der Waals surface area contributed by atoms with Crippen LogP contribution in [-0.4, -0.2) is 27.9 Å². The summed E-state index contributed by atoms with van der Waals surface area (Å²) in [5, 5.41) is 9.15. The van der Waals surface area contributed by atoms with Crippen LogP contribution in [0.3, 0.4) is 0 Å². The highest BCUT2D eigenvalue weighted by Crippen LogP contribution is 2.27. The minimum atomic E-state index is 0.736. The van der Waals surface area contributed by atoms with Crippen molar-refractivity contribution < 1.29 is 0 Å². The van der Waals surface area contributed by atoms with E-state index in [2.05, 4.69) is 50.5 Å². The number of hydrogen-bond acceptors (Lipinski definition) is 3. The first-order valence-electron chi connectivity index (χ1n) is 7.97. The number of fused-ring (bicyclic) bond motifs is 1. The van der Waals surface area contributed by atoms with E-state index in [4.69, 9.17) is 0 Å². The molecule has 0 radical (unpaired) electrons. The van der Waals surface area contributed by atoms with Crippen molar-refractivity contribution in [3.63, 3.8) is 0 Å². The Morgan fingerprint density at radius 1 is 1.14 bits per heavy atom. The second kappa shape index (κ2) is 5.89. The lowest BCUT2D eigenvalue weighted by Crippen LogP contribution is -2.29. The van der Waals surface area contributed by atoms with Gasteiger partial charge >= 0.3 is 0 Å². The first-order valence-corrected chi connectivity index (χ1v) is 7.97. The molecule has 3 aromatic rings. The Morgan fingerprint density at radius 3 is 2.91 bits per heavy atom. The van der Waals surface area contributed by atoms with E-state index in [0.29, 0.717) is 0 Å². The topological polar surface area (TPSA) is 42.7 Å². The van der Waals surface area contributed by atoms with Crippen LogP contribution < -0.4 is 5.32 Å². The third-order valence-electron chi connectivity index (χ3n) is 4.48. The highest BCUT2D eigenvalue weighted by atomic mass is 15.3. The van der Waals surface area contributed by atoms with Gasteiger partial charge in [0, 0.05) is 35.5 Å². The van der Waals surface area contributed by atoms with Crippen molar-refractivity contribution in [1.29, 1.82) is 0 Å². The fourth-order valence-corrected chi connectivity index (χ4v) is 3.27. The molecule has 0 spiro atoms. The molecule has 3 heterocycles. The summed E-state index contributed by atoms with van der Waals surface area (Å²) in [6, 6.07) is 10.4. The van der Waals surface area contributed by atoms with Crippen LogP contribution in [0.4, 0.5) is 0 Å². The van der Waals surface area contributed by atoms with Gasteiger partial charge in [-0.15, -0.1) is 0 Å². The van der Waals surface area contributed by atoms with Gasteiger partial charge in [-0.2, -0.15) is 5.10 Å². The Labute approximate surface area is 130 Å². The van der Waals surface area contributed by atoms with Crippen molar-refractivity contribution in [2.24, 2.45) is 5.92 Å². The average molecular weight is 292 g/mol. The molecule has 0 atom stereocenters. The minimum Gasteiger partial charge on any atom is -0.317 e. The maximum atomic E-state index is 4.56. The zero-order valence-electron chi connectivity index (χ0n) is 12.6. The molecule has 0 aliphatic carbocycles. The average Bonchev–Trinajstić information content (AvgIpc) is 3.03. The summed E-state index contributed by atoms with van der Waals surface area (Å²) in [5.41, 5.74) is 3.36. The normalized spacial score (nSPS) is 16.2. The van der Waals surface area contributed by atoms with Gasteiger partial charge < -0.3 is 5.32 Å². The van der Waals surface area contributed by atoms with Crippen LogP contribution in [0, 0.1) is 5.92 Å². The number of benzene rings is 1. The van der Waals surface area contributed by atoms with E-state index in [1.165, 1.54) is 18.2 Å². The van der Waals surface area contributed by atoms with Crippen molar-refractivity contribution >= 4 is 10.9 Å². The molecule has 4 rings (SSSR count). The van der Waals surface area contributed by atoms with E-state index in [9.17, 15) is 0 Å². The Hall–Kier alpha value is -2.20. The summed E-state index contributed by atoms with van der Waals surface area (Å²) < 4.78 is 2.09. The molecule has 4 nitrogen and oxygen atoms in total. The van der Waals surface area contributed by atoms with E-state index in [0.717, 1.165) is 42.2 Å². The van der Waals surface area contributed by atoms with Gasteiger partial charge in [0.1, 0.15) is 0 Å². The van der Waals surface area contributed by atoms with E-state index < -0.39 is 0 Å². The molecule has 1 aliphatic heterocycles. The van der Waals surface area contributed by atoms with Crippen molar-refractivity contribution in [2.75, 3.05) is 13.1 Å². The highest BCUT2D eigenvalue weighted by Gasteiger charge is 2.14. The van der Waals surface area contributed by atoms with Crippen molar-refractivity contribution in [1.82, 2.24) is 20.1 Å². The number of rotatable bonds is 3. The predicted octanol–water partition coefficient (Wildman–Crippen LogP) is 3.10. The third-order valence-corrected chi connectivity index (χ3v) is 4.48. The molecule has 1 fully saturated rings. The van der Waals surface area contributed by atoms with Crippen LogP contribution in [0.25, 0.3) is 22.0 Å². The van der Waals surface area contributed by atoms with Crippen molar-refractivity contribution in [3.05, 3.63) is 48.9 Å². The molecular weight excluding hydrogens is 272 g/mol. The fraction of sp³-hybridized carbons (Fsp3) is 0.333. The maximum Gasteiger partial charge on any atom is 0.0781 e. The van der Waals surface area contributed by atoms with Gasteiger partial charge in [-0.25, -0.2) is 0 Å². The van der Waals surface area contributed by atoms with Crippen LogP contribution in [0.1, 0.15) is 12.8 Å². The summed E-state index contributed by atoms with van der Waals surface area (Å²) in [5.74, 6) is 0.736. The molecule has 2 aromatic heterocycles. The standard InChI is InChI=1S/C18H20N4/c1-3-15-4-2-8-20-18(15)17(5-1)16-11-21-22(13-16)12-14-6-9-19-10-7-14/h1-5,8,11,13-14,19H,6-7,9-10,12H2. The first-order chi connectivity index (χ1) is 10.9. The highest BCUT2D eigenvalue weighted by molar-refractivity contribution is 5.93. The lowest BCUT2D eigenvalue weighted by Gasteiger charge is -2.22. The number of aromatic nitrogens is 3. The molecule has 0 unspecified atom stereocenters. The predicted molar refractivity (Wildman–Crippen MR) is 88.6 cm³/mol. The van der Waals surface area contributed by atoms with Gasteiger partial charge in [-0.3, -0.25) is 9.67 Å². The summed E-state index contributed by atoms with van der Waals surface area (Å²) in [6.07, 6.45) is 8.46.